The minimum Gasteiger partial charge on any atom is -0.395 e. The summed E-state index contributed by atoms with van der Waals surface area (Å²) < 4.78 is 24.4. The molecule has 1 unspecified atom stereocenters. The van der Waals surface area contributed by atoms with E-state index in [1.807, 2.05) is 13.0 Å². The van der Waals surface area contributed by atoms with Crippen LogP contribution in [0.4, 0.5) is 0 Å². The van der Waals surface area contributed by atoms with Crippen molar-refractivity contribution in [2.24, 2.45) is 0 Å². The summed E-state index contributed by atoms with van der Waals surface area (Å²) in [5.41, 5.74) is 1.65. The first-order valence-corrected chi connectivity index (χ1v) is 6.90. The Bertz CT molecular complexity index is 459. The molecule has 0 spiro atoms. The highest BCUT2D eigenvalue weighted by molar-refractivity contribution is 7.92. The molecule has 0 aliphatic heterocycles. The molecule has 0 aliphatic carbocycles. The zero-order valence-electron chi connectivity index (χ0n) is 9.90. The van der Waals surface area contributed by atoms with Crippen LogP contribution in [0.15, 0.2) is 23.1 Å². The van der Waals surface area contributed by atoms with Gasteiger partial charge in [0, 0.05) is 0 Å². The van der Waals surface area contributed by atoms with Gasteiger partial charge in [-0.2, -0.15) is 0 Å². The van der Waals surface area contributed by atoms with Crippen molar-refractivity contribution in [1.82, 2.24) is 0 Å². The second kappa shape index (κ2) is 4.97. The molecule has 0 radical (unpaired) electrons. The summed E-state index contributed by atoms with van der Waals surface area (Å²) in [5, 5.41) is 8.40. The number of rotatable bonds is 4. The van der Waals surface area contributed by atoms with E-state index >= 15 is 0 Å². The zero-order chi connectivity index (χ0) is 12.3. The quantitative estimate of drug-likeness (QED) is 0.876. The summed E-state index contributed by atoms with van der Waals surface area (Å²) in [6, 6.07) is 5.35. The van der Waals surface area contributed by atoms with E-state index in [9.17, 15) is 8.42 Å². The monoisotopic (exact) mass is 242 g/mol. The van der Waals surface area contributed by atoms with Crippen molar-refractivity contribution in [3.05, 3.63) is 29.3 Å². The molecule has 0 fully saturated rings. The Kier molecular flexibility index (Phi) is 4.10. The van der Waals surface area contributed by atoms with E-state index in [-0.39, 0.29) is 6.61 Å². The number of benzene rings is 1. The predicted octanol–water partition coefficient (Wildman–Crippen LogP) is 1.85. The molecular formula is C12H18O3S. The lowest BCUT2D eigenvalue weighted by Crippen LogP contribution is -2.25. The van der Waals surface area contributed by atoms with Crippen LogP contribution in [0.1, 0.15) is 24.5 Å². The van der Waals surface area contributed by atoms with Gasteiger partial charge in [0.1, 0.15) is 0 Å². The smallest absolute Gasteiger partial charge is 0.183 e. The largest absolute Gasteiger partial charge is 0.395 e. The first-order valence-electron chi connectivity index (χ1n) is 5.35. The third-order valence-electron chi connectivity index (χ3n) is 2.75. The molecule has 1 aromatic carbocycles. The predicted molar refractivity (Wildman–Crippen MR) is 64.3 cm³/mol. The van der Waals surface area contributed by atoms with Crippen LogP contribution in [-0.4, -0.2) is 25.4 Å². The van der Waals surface area contributed by atoms with Crippen molar-refractivity contribution < 1.29 is 13.5 Å². The second-order valence-electron chi connectivity index (χ2n) is 4.03. The summed E-state index contributed by atoms with van der Waals surface area (Å²) >= 11 is 0. The number of sulfone groups is 1. The van der Waals surface area contributed by atoms with Crippen LogP contribution in [0.25, 0.3) is 0 Å². The topological polar surface area (TPSA) is 54.4 Å². The molecule has 90 valence electrons. The summed E-state index contributed by atoms with van der Waals surface area (Å²) in [6.07, 6.45) is 0.423. The lowest BCUT2D eigenvalue weighted by Gasteiger charge is -2.15. The lowest BCUT2D eigenvalue weighted by molar-refractivity contribution is 0.287. The van der Waals surface area contributed by atoms with Crippen LogP contribution < -0.4 is 0 Å². The van der Waals surface area contributed by atoms with Gasteiger partial charge in [0.2, 0.25) is 0 Å². The van der Waals surface area contributed by atoms with Crippen molar-refractivity contribution in [3.63, 3.8) is 0 Å². The van der Waals surface area contributed by atoms with Crippen molar-refractivity contribution >= 4 is 9.84 Å². The Balaban J connectivity index is 3.31. The van der Waals surface area contributed by atoms with Gasteiger partial charge in [0.05, 0.1) is 16.8 Å². The van der Waals surface area contributed by atoms with E-state index in [4.69, 9.17) is 5.11 Å². The molecule has 0 saturated carbocycles. The molecule has 1 N–H and O–H groups in total. The summed E-state index contributed by atoms with van der Waals surface area (Å²) in [5.74, 6) is 0. The fourth-order valence-electron chi connectivity index (χ4n) is 1.64. The highest BCUT2D eigenvalue weighted by atomic mass is 32.2. The van der Waals surface area contributed by atoms with Crippen LogP contribution in [0.2, 0.25) is 0 Å². The molecule has 0 aromatic heterocycles. The molecule has 1 atom stereocenters. The second-order valence-corrected chi connectivity index (χ2v) is 6.22. The van der Waals surface area contributed by atoms with Gasteiger partial charge in [-0.3, -0.25) is 0 Å². The third kappa shape index (κ3) is 2.44. The Morgan fingerprint density at radius 2 is 1.94 bits per heavy atom. The van der Waals surface area contributed by atoms with Crippen LogP contribution >= 0.6 is 0 Å². The van der Waals surface area contributed by atoms with Crippen LogP contribution in [0.5, 0.6) is 0 Å². The molecule has 4 heteroatoms. The van der Waals surface area contributed by atoms with Gasteiger partial charge in [0.15, 0.2) is 9.84 Å². The van der Waals surface area contributed by atoms with Gasteiger partial charge in [-0.15, -0.1) is 0 Å². The maximum absolute atomic E-state index is 12.2. The third-order valence-corrected chi connectivity index (χ3v) is 5.16. The van der Waals surface area contributed by atoms with Gasteiger partial charge in [-0.05, 0) is 37.5 Å². The fraction of sp³-hybridized carbons (Fsp3) is 0.500. The van der Waals surface area contributed by atoms with Gasteiger partial charge in [-0.25, -0.2) is 8.42 Å². The Morgan fingerprint density at radius 1 is 1.31 bits per heavy atom. The van der Waals surface area contributed by atoms with Crippen molar-refractivity contribution in [1.29, 1.82) is 0 Å². The molecule has 3 nitrogen and oxygen atoms in total. The summed E-state index contributed by atoms with van der Waals surface area (Å²) in [7, 11) is -3.40. The molecule has 0 amide bonds. The summed E-state index contributed by atoms with van der Waals surface area (Å²) in [6.45, 7) is 5.07. The number of aliphatic hydroxyl groups excluding tert-OH is 1. The fourth-order valence-corrected chi connectivity index (χ4v) is 3.50. The minimum absolute atomic E-state index is 0.327. The zero-order valence-corrected chi connectivity index (χ0v) is 10.7. The van der Waals surface area contributed by atoms with Crippen molar-refractivity contribution in [2.45, 2.75) is 37.3 Å². The van der Waals surface area contributed by atoms with Gasteiger partial charge < -0.3 is 5.11 Å². The van der Waals surface area contributed by atoms with Crippen LogP contribution in [0, 0.1) is 13.8 Å². The SMILES string of the molecule is CCC(CO)S(=O)(=O)c1cc(C)ccc1C. The summed E-state index contributed by atoms with van der Waals surface area (Å²) in [4.78, 5) is 0.341. The minimum atomic E-state index is -3.40. The van der Waals surface area contributed by atoms with E-state index in [0.717, 1.165) is 11.1 Å². The lowest BCUT2D eigenvalue weighted by atomic mass is 10.2. The van der Waals surface area contributed by atoms with Crippen LogP contribution in [-0.2, 0) is 9.84 Å². The van der Waals surface area contributed by atoms with E-state index in [2.05, 4.69) is 0 Å². The standard InChI is InChI=1S/C12H18O3S/c1-4-11(8-13)16(14,15)12-7-9(2)5-6-10(12)3/h5-7,11,13H,4,8H2,1-3H3. The molecule has 0 saturated heterocycles. The Labute approximate surface area is 97.0 Å². The highest BCUT2D eigenvalue weighted by Crippen LogP contribution is 2.22. The first-order chi connectivity index (χ1) is 7.43. The van der Waals surface area contributed by atoms with E-state index in [1.54, 1.807) is 26.0 Å². The average molecular weight is 242 g/mol. The molecule has 1 aromatic rings. The number of aliphatic hydroxyl groups is 1. The average Bonchev–Trinajstić information content (AvgIpc) is 2.23. The Hall–Kier alpha value is -0.870. The van der Waals surface area contributed by atoms with Gasteiger partial charge in [0.25, 0.3) is 0 Å². The molecular weight excluding hydrogens is 224 g/mol. The van der Waals surface area contributed by atoms with Crippen molar-refractivity contribution in [3.8, 4) is 0 Å². The van der Waals surface area contributed by atoms with E-state index in [1.165, 1.54) is 0 Å². The number of hydrogen-bond donors (Lipinski definition) is 1. The Morgan fingerprint density at radius 3 is 2.44 bits per heavy atom. The highest BCUT2D eigenvalue weighted by Gasteiger charge is 2.26. The molecule has 1 rings (SSSR count). The number of aryl methyl sites for hydroxylation is 2. The molecule has 0 bridgehead atoms. The number of hydrogen-bond acceptors (Lipinski definition) is 3. The normalized spacial score (nSPS) is 13.8. The van der Waals surface area contributed by atoms with Crippen molar-refractivity contribution in [2.75, 3.05) is 6.61 Å². The van der Waals surface area contributed by atoms with Gasteiger partial charge >= 0.3 is 0 Å². The maximum Gasteiger partial charge on any atom is 0.183 e. The van der Waals surface area contributed by atoms with E-state index in [0.29, 0.717) is 11.3 Å². The van der Waals surface area contributed by atoms with Crippen LogP contribution in [0.3, 0.4) is 0 Å². The van der Waals surface area contributed by atoms with Gasteiger partial charge in [-0.1, -0.05) is 19.1 Å². The van der Waals surface area contributed by atoms with E-state index < -0.39 is 15.1 Å². The maximum atomic E-state index is 12.2. The molecule has 16 heavy (non-hydrogen) atoms. The first kappa shape index (κ1) is 13.2. The molecule has 0 aliphatic rings. The molecule has 0 heterocycles.